The Morgan fingerprint density at radius 3 is 2.74 bits per heavy atom. The molecule has 1 aliphatic heterocycles. The number of carbonyl (C=O) groups is 1. The summed E-state index contributed by atoms with van der Waals surface area (Å²) in [7, 11) is 2.05. The fraction of sp³-hybridized carbons (Fsp3) is 0.556. The van der Waals surface area contributed by atoms with E-state index < -0.39 is 5.60 Å². The zero-order chi connectivity index (χ0) is 16.6. The van der Waals surface area contributed by atoms with E-state index >= 15 is 0 Å². The summed E-state index contributed by atoms with van der Waals surface area (Å²) in [5, 5.41) is 0. The van der Waals surface area contributed by atoms with Crippen molar-refractivity contribution in [3.8, 4) is 0 Å². The highest BCUT2D eigenvalue weighted by Crippen LogP contribution is 2.29. The number of piperidine rings is 1. The van der Waals surface area contributed by atoms with E-state index in [4.69, 9.17) is 9.72 Å². The molecule has 0 bridgehead atoms. The Morgan fingerprint density at radius 2 is 2.04 bits per heavy atom. The molecular weight excluding hydrogens is 290 g/mol. The van der Waals surface area contributed by atoms with Gasteiger partial charge >= 0.3 is 6.09 Å². The first-order valence-corrected chi connectivity index (χ1v) is 8.24. The second-order valence-electron chi connectivity index (χ2n) is 7.28. The number of hydrogen-bond donors (Lipinski definition) is 0. The molecule has 1 aliphatic rings. The van der Waals surface area contributed by atoms with Gasteiger partial charge in [-0.05, 0) is 45.7 Å². The normalized spacial score (nSPS) is 19.1. The molecule has 0 N–H and O–H groups in total. The van der Waals surface area contributed by atoms with E-state index in [1.54, 1.807) is 0 Å². The molecular formula is C18H25N3O2. The van der Waals surface area contributed by atoms with E-state index in [9.17, 15) is 4.79 Å². The largest absolute Gasteiger partial charge is 0.444 e. The Morgan fingerprint density at radius 1 is 1.30 bits per heavy atom. The second-order valence-corrected chi connectivity index (χ2v) is 7.28. The van der Waals surface area contributed by atoms with Crippen LogP contribution in [0.25, 0.3) is 11.0 Å². The number of hydrogen-bond acceptors (Lipinski definition) is 3. The minimum atomic E-state index is -0.456. The molecule has 0 aliphatic carbocycles. The molecule has 5 nitrogen and oxygen atoms in total. The summed E-state index contributed by atoms with van der Waals surface area (Å²) in [6, 6.07) is 8.15. The van der Waals surface area contributed by atoms with Gasteiger partial charge in [-0.1, -0.05) is 12.1 Å². The van der Waals surface area contributed by atoms with Crippen LogP contribution in [-0.4, -0.2) is 39.2 Å². The summed E-state index contributed by atoms with van der Waals surface area (Å²) in [4.78, 5) is 18.9. The molecule has 2 heterocycles. The van der Waals surface area contributed by atoms with Gasteiger partial charge in [0.05, 0.1) is 11.0 Å². The highest BCUT2D eigenvalue weighted by atomic mass is 16.6. The number of rotatable bonds is 1. The van der Waals surface area contributed by atoms with E-state index in [0.717, 1.165) is 36.2 Å². The molecule has 0 radical (unpaired) electrons. The highest BCUT2D eigenvalue weighted by molar-refractivity contribution is 5.76. The third-order valence-electron chi connectivity index (χ3n) is 4.26. The number of fused-ring (bicyclic) bond motifs is 1. The first kappa shape index (κ1) is 15.8. The third kappa shape index (κ3) is 3.33. The first-order chi connectivity index (χ1) is 10.8. The molecule has 1 atom stereocenters. The van der Waals surface area contributed by atoms with Gasteiger partial charge in [-0.3, -0.25) is 0 Å². The van der Waals surface area contributed by atoms with Crippen molar-refractivity contribution in [2.75, 3.05) is 13.1 Å². The number of para-hydroxylation sites is 2. The number of amides is 1. The van der Waals surface area contributed by atoms with Crippen LogP contribution in [0.1, 0.15) is 45.4 Å². The van der Waals surface area contributed by atoms with Crippen LogP contribution >= 0.6 is 0 Å². The van der Waals surface area contributed by atoms with Crippen LogP contribution in [-0.2, 0) is 11.8 Å². The SMILES string of the molecule is Cn1c(C2CCCN(C(=O)OC(C)(C)C)C2)nc2ccccc21. The maximum Gasteiger partial charge on any atom is 0.410 e. The Hall–Kier alpha value is -2.04. The lowest BCUT2D eigenvalue weighted by atomic mass is 9.97. The van der Waals surface area contributed by atoms with Crippen LogP contribution < -0.4 is 0 Å². The maximum absolute atomic E-state index is 12.3. The topological polar surface area (TPSA) is 47.4 Å². The third-order valence-corrected chi connectivity index (χ3v) is 4.26. The molecule has 1 fully saturated rings. The number of likely N-dealkylation sites (tertiary alicyclic amines) is 1. The van der Waals surface area contributed by atoms with Gasteiger partial charge in [0.1, 0.15) is 11.4 Å². The molecule has 1 aromatic heterocycles. The van der Waals surface area contributed by atoms with Crippen molar-refractivity contribution < 1.29 is 9.53 Å². The molecule has 1 amide bonds. The van der Waals surface area contributed by atoms with Crippen LogP contribution in [0.4, 0.5) is 4.79 Å². The van der Waals surface area contributed by atoms with Gasteiger partial charge in [0.15, 0.2) is 0 Å². The van der Waals surface area contributed by atoms with Crippen molar-refractivity contribution in [3.63, 3.8) is 0 Å². The molecule has 1 saturated heterocycles. The van der Waals surface area contributed by atoms with Gasteiger partial charge in [-0.15, -0.1) is 0 Å². The molecule has 3 rings (SSSR count). The van der Waals surface area contributed by atoms with Gasteiger partial charge in [-0.2, -0.15) is 0 Å². The van der Waals surface area contributed by atoms with Crippen LogP contribution in [0.3, 0.4) is 0 Å². The lowest BCUT2D eigenvalue weighted by Crippen LogP contribution is -2.42. The zero-order valence-corrected chi connectivity index (χ0v) is 14.4. The Kier molecular flexibility index (Phi) is 4.04. The summed E-state index contributed by atoms with van der Waals surface area (Å²) < 4.78 is 7.66. The fourth-order valence-corrected chi connectivity index (χ4v) is 3.21. The average Bonchev–Trinajstić information content (AvgIpc) is 2.83. The van der Waals surface area contributed by atoms with Crippen molar-refractivity contribution >= 4 is 17.1 Å². The molecule has 1 unspecified atom stereocenters. The second kappa shape index (κ2) is 5.87. The van der Waals surface area contributed by atoms with Gasteiger partial charge in [0, 0.05) is 26.1 Å². The lowest BCUT2D eigenvalue weighted by Gasteiger charge is -2.33. The number of benzene rings is 1. The number of carbonyl (C=O) groups excluding carboxylic acids is 1. The minimum Gasteiger partial charge on any atom is -0.444 e. The standard InChI is InChI=1S/C18H25N3O2/c1-18(2,3)23-17(22)21-11-7-8-13(12-21)16-19-14-9-5-6-10-15(14)20(16)4/h5-6,9-10,13H,7-8,11-12H2,1-4H3. The Bertz CT molecular complexity index is 715. The summed E-state index contributed by atoms with van der Waals surface area (Å²) in [5.74, 6) is 1.31. The maximum atomic E-state index is 12.3. The van der Waals surface area contributed by atoms with Gasteiger partial charge < -0.3 is 14.2 Å². The quantitative estimate of drug-likeness (QED) is 0.806. The molecule has 124 valence electrons. The number of nitrogens with zero attached hydrogens (tertiary/aromatic N) is 3. The van der Waals surface area contributed by atoms with Gasteiger partial charge in [0.25, 0.3) is 0 Å². The van der Waals surface area contributed by atoms with Crippen molar-refractivity contribution in [1.82, 2.24) is 14.5 Å². The van der Waals surface area contributed by atoms with Crippen molar-refractivity contribution in [3.05, 3.63) is 30.1 Å². The molecule has 0 saturated carbocycles. The molecule has 5 heteroatoms. The monoisotopic (exact) mass is 315 g/mol. The predicted molar refractivity (Wildman–Crippen MR) is 90.5 cm³/mol. The van der Waals surface area contributed by atoms with E-state index in [2.05, 4.69) is 17.7 Å². The fourth-order valence-electron chi connectivity index (χ4n) is 3.21. The highest BCUT2D eigenvalue weighted by Gasteiger charge is 2.30. The average molecular weight is 315 g/mol. The number of aryl methyl sites for hydroxylation is 1. The van der Waals surface area contributed by atoms with Gasteiger partial charge in [-0.25, -0.2) is 9.78 Å². The zero-order valence-electron chi connectivity index (χ0n) is 14.4. The summed E-state index contributed by atoms with van der Waals surface area (Å²) in [6.45, 7) is 7.13. The summed E-state index contributed by atoms with van der Waals surface area (Å²) in [5.41, 5.74) is 1.69. The van der Waals surface area contributed by atoms with E-state index in [0.29, 0.717) is 6.54 Å². The first-order valence-electron chi connectivity index (χ1n) is 8.24. The number of aromatic nitrogens is 2. The molecule has 1 aromatic carbocycles. The van der Waals surface area contributed by atoms with Gasteiger partial charge in [0.2, 0.25) is 0 Å². The van der Waals surface area contributed by atoms with Crippen LogP contribution in [0.2, 0.25) is 0 Å². The van der Waals surface area contributed by atoms with Crippen LogP contribution in [0.5, 0.6) is 0 Å². The molecule has 2 aromatic rings. The van der Waals surface area contributed by atoms with Crippen LogP contribution in [0, 0.1) is 0 Å². The van der Waals surface area contributed by atoms with Crippen molar-refractivity contribution in [1.29, 1.82) is 0 Å². The smallest absolute Gasteiger partial charge is 0.410 e. The minimum absolute atomic E-state index is 0.221. The van der Waals surface area contributed by atoms with Crippen LogP contribution in [0.15, 0.2) is 24.3 Å². The predicted octanol–water partition coefficient (Wildman–Crippen LogP) is 3.69. The van der Waals surface area contributed by atoms with Crippen molar-refractivity contribution in [2.24, 2.45) is 7.05 Å². The number of ether oxygens (including phenoxy) is 1. The van der Waals surface area contributed by atoms with Crippen molar-refractivity contribution in [2.45, 2.75) is 45.1 Å². The Balaban J connectivity index is 1.80. The molecule has 0 spiro atoms. The molecule has 23 heavy (non-hydrogen) atoms. The lowest BCUT2D eigenvalue weighted by molar-refractivity contribution is 0.0195. The van der Waals surface area contributed by atoms with E-state index in [-0.39, 0.29) is 12.0 Å². The van der Waals surface area contributed by atoms with E-state index in [1.807, 2.05) is 43.9 Å². The summed E-state index contributed by atoms with van der Waals surface area (Å²) >= 11 is 0. The Labute approximate surface area is 137 Å². The number of imidazole rings is 1. The van der Waals surface area contributed by atoms with E-state index in [1.165, 1.54) is 0 Å². The summed E-state index contributed by atoms with van der Waals surface area (Å²) in [6.07, 6.45) is 1.81.